The Morgan fingerprint density at radius 1 is 0.702 bits per heavy atom. The summed E-state index contributed by atoms with van der Waals surface area (Å²) >= 11 is 0. The number of aryl methyl sites for hydroxylation is 3. The van der Waals surface area contributed by atoms with E-state index in [0.717, 1.165) is 60.8 Å². The van der Waals surface area contributed by atoms with E-state index in [1.54, 1.807) is 26.0 Å². The molecule has 3 rings (SSSR count). The minimum Gasteiger partial charge on any atom is -0.423 e. The number of ether oxygens (including phenoxy) is 2. The maximum Gasteiger partial charge on any atom is 0.338 e. The number of rotatable bonds is 18. The second-order valence-electron chi connectivity index (χ2n) is 12.7. The highest BCUT2D eigenvalue weighted by Gasteiger charge is 2.26. The molecule has 6 heteroatoms. The molecule has 0 aromatic heterocycles. The van der Waals surface area contributed by atoms with Gasteiger partial charge in [-0.15, -0.1) is 0 Å². The number of aliphatic hydroxyl groups is 2. The van der Waals surface area contributed by atoms with E-state index in [1.165, 1.54) is 12.0 Å². The zero-order valence-electron chi connectivity index (χ0n) is 28.9. The average Bonchev–Trinajstić information content (AvgIpc) is 3.07. The van der Waals surface area contributed by atoms with E-state index in [2.05, 4.69) is 51.3 Å². The molecule has 0 unspecified atom stereocenters. The number of hydrogen-bond acceptors (Lipinski definition) is 6. The predicted molar refractivity (Wildman–Crippen MR) is 191 cm³/mol. The van der Waals surface area contributed by atoms with Gasteiger partial charge in [0.05, 0.1) is 13.2 Å². The smallest absolute Gasteiger partial charge is 0.338 e. The molecule has 3 aromatic rings. The number of benzene rings is 3. The van der Waals surface area contributed by atoms with Crippen molar-refractivity contribution in [2.45, 2.75) is 92.4 Å². The molecule has 0 heterocycles. The monoisotopic (exact) mass is 640 g/mol. The molecule has 0 fully saturated rings. The van der Waals surface area contributed by atoms with Crippen molar-refractivity contribution in [1.82, 2.24) is 0 Å². The third-order valence-corrected chi connectivity index (χ3v) is 8.95. The molecular weight excluding hydrogens is 588 g/mol. The predicted octanol–water partition coefficient (Wildman–Crippen LogP) is 8.98. The van der Waals surface area contributed by atoms with Crippen LogP contribution in [0.4, 0.5) is 0 Å². The topological polar surface area (TPSA) is 93.1 Å². The first-order chi connectivity index (χ1) is 22.5. The molecule has 0 saturated heterocycles. The van der Waals surface area contributed by atoms with Gasteiger partial charge in [0.25, 0.3) is 0 Å². The van der Waals surface area contributed by atoms with Gasteiger partial charge in [-0.1, -0.05) is 89.2 Å². The van der Waals surface area contributed by atoms with Crippen LogP contribution in [-0.4, -0.2) is 35.4 Å². The van der Waals surface area contributed by atoms with Crippen molar-refractivity contribution in [2.24, 2.45) is 5.41 Å². The van der Waals surface area contributed by atoms with Crippen molar-refractivity contribution in [3.05, 3.63) is 95.6 Å². The average molecular weight is 641 g/mol. The molecule has 0 amide bonds. The van der Waals surface area contributed by atoms with Crippen molar-refractivity contribution >= 4 is 11.9 Å². The van der Waals surface area contributed by atoms with Gasteiger partial charge in [0.2, 0.25) is 0 Å². The summed E-state index contributed by atoms with van der Waals surface area (Å²) in [5.74, 6) is -0.398. The standard InChI is InChI=1S/C41H52O6/c1-8-11-12-14-30-16-19-33(20-17-30)35-24-38(47-40(45)29(6)7)36(25-37(35)46-39(44)28(4)5)34-21-18-31(23-32(34)9-2)15-13-22-41(10-3,26-42)27-43/h16-21,23-25,42-43H,4,6,8-15,22,26-27H2,1-3,5,7H3. The Balaban J connectivity index is 2.12. The maximum absolute atomic E-state index is 12.9. The van der Waals surface area contributed by atoms with Gasteiger partial charge in [-0.25, -0.2) is 9.59 Å². The van der Waals surface area contributed by atoms with Crippen LogP contribution in [0.2, 0.25) is 0 Å². The van der Waals surface area contributed by atoms with Crippen LogP contribution in [0.3, 0.4) is 0 Å². The van der Waals surface area contributed by atoms with Crippen molar-refractivity contribution in [1.29, 1.82) is 0 Å². The number of aliphatic hydroxyl groups excluding tert-OH is 2. The summed E-state index contributed by atoms with van der Waals surface area (Å²) in [7, 11) is 0. The molecule has 6 nitrogen and oxygen atoms in total. The lowest BCUT2D eigenvalue weighted by Crippen LogP contribution is -2.29. The van der Waals surface area contributed by atoms with Crippen LogP contribution in [0.25, 0.3) is 22.3 Å². The van der Waals surface area contributed by atoms with Gasteiger partial charge in [0, 0.05) is 27.7 Å². The molecule has 0 bridgehead atoms. The molecular formula is C41H52O6. The van der Waals surface area contributed by atoms with E-state index in [4.69, 9.17) is 9.47 Å². The van der Waals surface area contributed by atoms with E-state index in [1.807, 2.05) is 25.1 Å². The Hall–Kier alpha value is -4.00. The van der Waals surface area contributed by atoms with Crippen molar-refractivity contribution in [3.8, 4) is 33.8 Å². The summed E-state index contributed by atoms with van der Waals surface area (Å²) in [6.07, 6.45) is 8.21. The second-order valence-corrected chi connectivity index (χ2v) is 12.7. The number of esters is 2. The summed E-state index contributed by atoms with van der Waals surface area (Å²) < 4.78 is 11.9. The Labute approximate surface area is 281 Å². The van der Waals surface area contributed by atoms with Crippen molar-refractivity contribution in [2.75, 3.05) is 13.2 Å². The fourth-order valence-electron chi connectivity index (χ4n) is 5.60. The maximum atomic E-state index is 12.9. The van der Waals surface area contributed by atoms with Crippen molar-refractivity contribution in [3.63, 3.8) is 0 Å². The summed E-state index contributed by atoms with van der Waals surface area (Å²) in [6, 6.07) is 17.9. The molecule has 252 valence electrons. The Morgan fingerprint density at radius 3 is 1.79 bits per heavy atom. The third kappa shape index (κ3) is 9.99. The number of hydrogen-bond donors (Lipinski definition) is 2. The van der Waals surface area contributed by atoms with E-state index in [0.29, 0.717) is 35.5 Å². The van der Waals surface area contributed by atoms with Crippen LogP contribution in [0.1, 0.15) is 89.8 Å². The van der Waals surface area contributed by atoms with Gasteiger partial charge < -0.3 is 19.7 Å². The largest absolute Gasteiger partial charge is 0.423 e. The Morgan fingerprint density at radius 2 is 1.26 bits per heavy atom. The van der Waals surface area contributed by atoms with E-state index >= 15 is 0 Å². The minimum atomic E-state index is -0.544. The number of carbonyl (C=O) groups is 2. The molecule has 0 saturated carbocycles. The lowest BCUT2D eigenvalue weighted by Gasteiger charge is -2.28. The number of unbranched alkanes of at least 4 members (excludes halogenated alkanes) is 2. The Bertz CT molecular complexity index is 1540. The Kier molecular flexibility index (Phi) is 14.2. The van der Waals surface area contributed by atoms with E-state index in [9.17, 15) is 19.8 Å². The van der Waals surface area contributed by atoms with Crippen molar-refractivity contribution < 1.29 is 29.3 Å². The first kappa shape index (κ1) is 37.5. The fourth-order valence-corrected chi connectivity index (χ4v) is 5.60. The van der Waals surface area contributed by atoms with Crippen LogP contribution in [0.15, 0.2) is 78.9 Å². The van der Waals surface area contributed by atoms with Crippen LogP contribution < -0.4 is 9.47 Å². The van der Waals surface area contributed by atoms with Gasteiger partial charge in [-0.3, -0.25) is 0 Å². The lowest BCUT2D eigenvalue weighted by atomic mass is 9.81. The van der Waals surface area contributed by atoms with Gasteiger partial charge in [-0.05, 0) is 98.7 Å². The molecule has 0 aliphatic carbocycles. The minimum absolute atomic E-state index is 0.0395. The number of carbonyl (C=O) groups excluding carboxylic acids is 2. The highest BCUT2D eigenvalue weighted by molar-refractivity contribution is 5.94. The van der Waals surface area contributed by atoms with Crippen LogP contribution >= 0.6 is 0 Å². The zero-order chi connectivity index (χ0) is 34.6. The van der Waals surface area contributed by atoms with E-state index < -0.39 is 17.4 Å². The molecule has 2 N–H and O–H groups in total. The highest BCUT2D eigenvalue weighted by Crippen LogP contribution is 2.43. The van der Waals surface area contributed by atoms with Crippen LogP contribution in [0, 0.1) is 5.41 Å². The second kappa shape index (κ2) is 17.8. The fraction of sp³-hybridized carbons (Fsp3) is 0.415. The highest BCUT2D eigenvalue weighted by atomic mass is 16.5. The van der Waals surface area contributed by atoms with Gasteiger partial charge >= 0.3 is 11.9 Å². The van der Waals surface area contributed by atoms with Crippen LogP contribution in [-0.2, 0) is 28.9 Å². The molecule has 0 aliphatic heterocycles. The summed E-state index contributed by atoms with van der Waals surface area (Å²) in [6.45, 7) is 16.9. The molecule has 0 aliphatic rings. The molecule has 3 aromatic carbocycles. The van der Waals surface area contributed by atoms with Gasteiger partial charge in [0.15, 0.2) is 0 Å². The molecule has 0 spiro atoms. The summed E-state index contributed by atoms with van der Waals surface area (Å²) in [5, 5.41) is 19.7. The van der Waals surface area contributed by atoms with Crippen LogP contribution in [0.5, 0.6) is 11.5 Å². The molecule has 0 radical (unpaired) electrons. The molecule has 0 atom stereocenters. The molecule has 47 heavy (non-hydrogen) atoms. The summed E-state index contributed by atoms with van der Waals surface area (Å²) in [5.41, 5.74) is 6.42. The van der Waals surface area contributed by atoms with E-state index in [-0.39, 0.29) is 24.4 Å². The van der Waals surface area contributed by atoms with Gasteiger partial charge in [-0.2, -0.15) is 0 Å². The first-order valence-corrected chi connectivity index (χ1v) is 16.9. The zero-order valence-corrected chi connectivity index (χ0v) is 28.9. The SMILES string of the molecule is C=C(C)C(=O)Oc1cc(-c2ccc(CCCC(CC)(CO)CO)cc2CC)c(OC(=O)C(=C)C)cc1-c1ccc(CCCCC)cc1. The lowest BCUT2D eigenvalue weighted by molar-refractivity contribution is -0.131. The van der Waals surface area contributed by atoms with Gasteiger partial charge in [0.1, 0.15) is 11.5 Å². The first-order valence-electron chi connectivity index (χ1n) is 16.9. The summed E-state index contributed by atoms with van der Waals surface area (Å²) in [4.78, 5) is 25.7. The normalized spacial score (nSPS) is 11.3. The quantitative estimate of drug-likeness (QED) is 0.0624. The third-order valence-electron chi connectivity index (χ3n) is 8.95.